The molecule has 144 valence electrons. The number of H-pyrrole nitrogens is 1. The summed E-state index contributed by atoms with van der Waals surface area (Å²) in [6, 6.07) is 5.79. The molecular formula is C18H23N5O4. The molecule has 3 atom stereocenters. The summed E-state index contributed by atoms with van der Waals surface area (Å²) in [6.07, 6.45) is 1.97. The average molecular weight is 373 g/mol. The van der Waals surface area contributed by atoms with Gasteiger partial charge in [-0.1, -0.05) is 18.2 Å². The fraction of sp³-hybridized carbons (Fsp3) is 0.389. The van der Waals surface area contributed by atoms with Crippen molar-refractivity contribution in [3.8, 4) is 0 Å². The molecule has 1 aliphatic rings. The Kier molecular flexibility index (Phi) is 5.97. The second-order valence-electron chi connectivity index (χ2n) is 6.46. The molecule has 0 saturated carbocycles. The van der Waals surface area contributed by atoms with Crippen LogP contribution in [-0.2, 0) is 12.8 Å². The molecule has 7 N–H and O–H groups in total. The first-order valence-electron chi connectivity index (χ1n) is 8.66. The second kappa shape index (κ2) is 8.40. The summed E-state index contributed by atoms with van der Waals surface area (Å²) in [5.41, 5.74) is 10.1. The third kappa shape index (κ3) is 4.40. The van der Waals surface area contributed by atoms with Crippen LogP contribution in [0.15, 0.2) is 30.9 Å². The van der Waals surface area contributed by atoms with E-state index in [1.54, 1.807) is 0 Å². The molecule has 9 nitrogen and oxygen atoms in total. The molecule has 3 aromatic rings. The third-order valence-electron chi connectivity index (χ3n) is 4.63. The number of rotatable bonds is 5. The lowest BCUT2D eigenvalue weighted by molar-refractivity contribution is -0.0367. The number of nitrogen functional groups attached to an aromatic ring is 1. The summed E-state index contributed by atoms with van der Waals surface area (Å²) < 4.78 is 0. The van der Waals surface area contributed by atoms with Crippen LogP contribution in [0.2, 0.25) is 0 Å². The van der Waals surface area contributed by atoms with E-state index in [0.717, 1.165) is 18.4 Å². The molecule has 3 unspecified atom stereocenters. The topological polar surface area (TPSA) is 161 Å². The number of hydrogen-bond donors (Lipinski definition) is 6. The Morgan fingerprint density at radius 2 is 1.81 bits per heavy atom. The van der Waals surface area contributed by atoms with Crippen LogP contribution in [0.25, 0.3) is 11.2 Å². The first-order chi connectivity index (χ1) is 13.0. The van der Waals surface area contributed by atoms with Gasteiger partial charge in [0.05, 0.1) is 25.1 Å². The van der Waals surface area contributed by atoms with Crippen LogP contribution in [0.1, 0.15) is 29.2 Å². The van der Waals surface area contributed by atoms with E-state index in [1.807, 2.05) is 18.2 Å². The molecule has 9 heteroatoms. The largest absolute Gasteiger partial charge is 0.394 e. The molecule has 0 amide bonds. The highest BCUT2D eigenvalue weighted by molar-refractivity contribution is 5.80. The molecule has 1 aromatic carbocycles. The van der Waals surface area contributed by atoms with Gasteiger partial charge in [-0.05, 0) is 29.5 Å². The standard InChI is InChI=1S/C13H18O4.C5H5N5/c14-7-13(17)12(16)6-11(15)10-4-2-8-1-3-9(8)5-10;6-4-3-5(9-1-7-3)10-2-8-4/h2,4-5,11-17H,1,3,6-7H2;1-2H,(H3,6,7,8,9,10). The Morgan fingerprint density at radius 3 is 2.44 bits per heavy atom. The number of aromatic nitrogens is 4. The Balaban J connectivity index is 0.000000177. The Labute approximate surface area is 155 Å². The molecule has 0 saturated heterocycles. The maximum Gasteiger partial charge on any atom is 0.182 e. The van der Waals surface area contributed by atoms with Crippen LogP contribution in [0.4, 0.5) is 5.82 Å². The minimum atomic E-state index is -1.20. The molecule has 0 radical (unpaired) electrons. The summed E-state index contributed by atoms with van der Waals surface area (Å²) in [4.78, 5) is 14.4. The Bertz CT molecular complexity index is 900. The molecule has 0 aliphatic heterocycles. The van der Waals surface area contributed by atoms with Gasteiger partial charge in [-0.3, -0.25) is 0 Å². The normalized spacial score (nSPS) is 15.9. The van der Waals surface area contributed by atoms with Crippen LogP contribution in [0.5, 0.6) is 0 Å². The van der Waals surface area contributed by atoms with Gasteiger partial charge in [-0.15, -0.1) is 0 Å². The summed E-state index contributed by atoms with van der Waals surface area (Å²) >= 11 is 0. The smallest absolute Gasteiger partial charge is 0.182 e. The molecule has 0 bridgehead atoms. The number of aryl methyl sites for hydroxylation is 2. The molecule has 1 aliphatic carbocycles. The second-order valence-corrected chi connectivity index (χ2v) is 6.46. The van der Waals surface area contributed by atoms with E-state index < -0.39 is 24.9 Å². The zero-order valence-electron chi connectivity index (χ0n) is 14.7. The van der Waals surface area contributed by atoms with Crippen LogP contribution in [-0.4, -0.2) is 59.2 Å². The zero-order chi connectivity index (χ0) is 19.4. The SMILES string of the molecule is Nc1ncnc2nc[nH]c12.OCC(O)C(O)CC(O)c1ccc2c(c1)CC2. The number of aliphatic hydroxyl groups excluding tert-OH is 4. The van der Waals surface area contributed by atoms with E-state index in [9.17, 15) is 15.3 Å². The Morgan fingerprint density at radius 1 is 1.04 bits per heavy atom. The maximum atomic E-state index is 9.92. The molecule has 4 rings (SSSR count). The number of fused-ring (bicyclic) bond motifs is 2. The van der Waals surface area contributed by atoms with Gasteiger partial charge in [0.15, 0.2) is 11.5 Å². The summed E-state index contributed by atoms with van der Waals surface area (Å²) in [6.45, 7) is -0.502. The fourth-order valence-corrected chi connectivity index (χ4v) is 2.85. The van der Waals surface area contributed by atoms with Gasteiger partial charge in [0.1, 0.15) is 17.9 Å². The van der Waals surface area contributed by atoms with Crippen LogP contribution < -0.4 is 5.73 Å². The summed E-state index contributed by atoms with van der Waals surface area (Å²) in [7, 11) is 0. The lowest BCUT2D eigenvalue weighted by atomic mass is 9.86. The zero-order valence-corrected chi connectivity index (χ0v) is 14.7. The number of aromatic amines is 1. The van der Waals surface area contributed by atoms with Crippen LogP contribution >= 0.6 is 0 Å². The predicted octanol–water partition coefficient (Wildman–Crippen LogP) is -0.142. The number of nitrogens with zero attached hydrogens (tertiary/aromatic N) is 3. The molecule has 2 aromatic heterocycles. The quantitative estimate of drug-likeness (QED) is 0.360. The minimum absolute atomic E-state index is 0.0283. The van der Waals surface area contributed by atoms with E-state index in [2.05, 4.69) is 19.9 Å². The minimum Gasteiger partial charge on any atom is -0.394 e. The van der Waals surface area contributed by atoms with Gasteiger partial charge < -0.3 is 31.1 Å². The molecular weight excluding hydrogens is 350 g/mol. The summed E-state index contributed by atoms with van der Waals surface area (Å²) in [5, 5.41) is 37.3. The van der Waals surface area contributed by atoms with E-state index in [-0.39, 0.29) is 6.42 Å². The summed E-state index contributed by atoms with van der Waals surface area (Å²) in [5.74, 6) is 0.433. The van der Waals surface area contributed by atoms with Crippen molar-refractivity contribution in [3.05, 3.63) is 47.5 Å². The number of nitrogens with two attached hydrogens (primary N) is 1. The molecule has 27 heavy (non-hydrogen) atoms. The van der Waals surface area contributed by atoms with E-state index >= 15 is 0 Å². The van der Waals surface area contributed by atoms with Gasteiger partial charge in [0.2, 0.25) is 0 Å². The van der Waals surface area contributed by atoms with Gasteiger partial charge in [0, 0.05) is 6.42 Å². The molecule has 0 fully saturated rings. The predicted molar refractivity (Wildman–Crippen MR) is 98.6 cm³/mol. The van der Waals surface area contributed by atoms with Crippen LogP contribution in [0.3, 0.4) is 0 Å². The number of nitrogens with one attached hydrogen (secondary N) is 1. The van der Waals surface area contributed by atoms with Crippen molar-refractivity contribution < 1.29 is 20.4 Å². The maximum absolute atomic E-state index is 9.92. The van der Waals surface area contributed by atoms with Crippen molar-refractivity contribution in [2.45, 2.75) is 37.6 Å². The monoisotopic (exact) mass is 373 g/mol. The van der Waals surface area contributed by atoms with Gasteiger partial charge in [0.25, 0.3) is 0 Å². The van der Waals surface area contributed by atoms with E-state index in [4.69, 9.17) is 10.8 Å². The van der Waals surface area contributed by atoms with Crippen molar-refractivity contribution in [3.63, 3.8) is 0 Å². The number of benzene rings is 1. The van der Waals surface area contributed by atoms with Crippen molar-refractivity contribution in [2.75, 3.05) is 12.3 Å². The highest BCUT2D eigenvalue weighted by Crippen LogP contribution is 2.28. The average Bonchev–Trinajstić information content (AvgIpc) is 3.12. The van der Waals surface area contributed by atoms with E-state index in [0.29, 0.717) is 17.0 Å². The van der Waals surface area contributed by atoms with Crippen molar-refractivity contribution in [1.82, 2.24) is 19.9 Å². The number of aliphatic hydroxyl groups is 4. The van der Waals surface area contributed by atoms with Crippen molar-refractivity contribution in [1.29, 1.82) is 0 Å². The van der Waals surface area contributed by atoms with Gasteiger partial charge >= 0.3 is 0 Å². The first kappa shape index (κ1) is 19.2. The van der Waals surface area contributed by atoms with Crippen LogP contribution in [0, 0.1) is 0 Å². The lowest BCUT2D eigenvalue weighted by Gasteiger charge is -2.23. The number of imidazole rings is 1. The lowest BCUT2D eigenvalue weighted by Crippen LogP contribution is -2.30. The van der Waals surface area contributed by atoms with Crippen molar-refractivity contribution in [2.24, 2.45) is 0 Å². The first-order valence-corrected chi connectivity index (χ1v) is 8.66. The molecule has 2 heterocycles. The molecule has 0 spiro atoms. The van der Waals surface area contributed by atoms with E-state index in [1.165, 1.54) is 23.8 Å². The number of anilines is 1. The third-order valence-corrected chi connectivity index (χ3v) is 4.63. The highest BCUT2D eigenvalue weighted by Gasteiger charge is 2.22. The van der Waals surface area contributed by atoms with Gasteiger partial charge in [-0.25, -0.2) is 15.0 Å². The fourth-order valence-electron chi connectivity index (χ4n) is 2.85. The highest BCUT2D eigenvalue weighted by atomic mass is 16.4. The van der Waals surface area contributed by atoms with Gasteiger partial charge in [-0.2, -0.15) is 0 Å². The number of hydrogen-bond acceptors (Lipinski definition) is 8. The Hall–Kier alpha value is -2.59. The van der Waals surface area contributed by atoms with Crippen molar-refractivity contribution >= 4 is 17.0 Å².